The molecule has 1 atom stereocenters. The van der Waals surface area contributed by atoms with Gasteiger partial charge >= 0.3 is 0 Å². The Labute approximate surface area is 177 Å². The van der Waals surface area contributed by atoms with E-state index < -0.39 is 0 Å². The van der Waals surface area contributed by atoms with Crippen molar-refractivity contribution in [3.8, 4) is 0 Å². The van der Waals surface area contributed by atoms with Crippen LogP contribution in [-0.2, 0) is 11.3 Å². The number of amides is 1. The van der Waals surface area contributed by atoms with E-state index in [0.29, 0.717) is 19.0 Å². The second kappa shape index (κ2) is 8.53. The molecule has 0 spiro atoms. The van der Waals surface area contributed by atoms with E-state index in [1.54, 1.807) is 6.20 Å². The maximum atomic E-state index is 12.8. The molecule has 1 amide bonds. The molecule has 1 aliphatic heterocycles. The van der Waals surface area contributed by atoms with Gasteiger partial charge in [0.1, 0.15) is 5.82 Å². The summed E-state index contributed by atoms with van der Waals surface area (Å²) in [6, 6.07) is 4.31. The van der Waals surface area contributed by atoms with Crippen LogP contribution in [-0.4, -0.2) is 48.2 Å². The lowest BCUT2D eigenvalue weighted by Gasteiger charge is -2.19. The quantitative estimate of drug-likeness (QED) is 0.636. The van der Waals surface area contributed by atoms with Crippen molar-refractivity contribution < 1.29 is 4.79 Å². The summed E-state index contributed by atoms with van der Waals surface area (Å²) in [6.07, 6.45) is 5.11. The Hall–Kier alpha value is -2.41. The fourth-order valence-corrected chi connectivity index (χ4v) is 4.25. The lowest BCUT2D eigenvalue weighted by molar-refractivity contribution is -0.130. The first kappa shape index (κ1) is 21.3. The Bertz CT molecular complexity index is 1010. The number of rotatable bonds is 5. The Kier molecular flexibility index (Phi) is 6.27. The topological polar surface area (TPSA) is 68.8 Å². The van der Waals surface area contributed by atoms with Gasteiger partial charge in [-0.15, -0.1) is 12.4 Å². The van der Waals surface area contributed by atoms with Crippen LogP contribution in [0.5, 0.6) is 0 Å². The highest BCUT2D eigenvalue weighted by Gasteiger charge is 2.31. The van der Waals surface area contributed by atoms with E-state index >= 15 is 0 Å². The predicted molar refractivity (Wildman–Crippen MR) is 115 cm³/mol. The van der Waals surface area contributed by atoms with Crippen LogP contribution in [0.4, 0.5) is 0 Å². The largest absolute Gasteiger partial charge is 0.342 e. The summed E-state index contributed by atoms with van der Waals surface area (Å²) in [5.74, 6) is 1.54. The summed E-state index contributed by atoms with van der Waals surface area (Å²) in [7, 11) is 0. The van der Waals surface area contributed by atoms with Crippen molar-refractivity contribution in [3.63, 3.8) is 0 Å². The SMILES string of the molecule is Cc1cc(C)n(CCC(=O)N2CCC(c3nc4ccncc4n3C(C)C)C2)n1.Cl. The zero-order valence-electron chi connectivity index (χ0n) is 17.5. The van der Waals surface area contributed by atoms with Crippen molar-refractivity contribution in [2.24, 2.45) is 0 Å². The smallest absolute Gasteiger partial charge is 0.224 e. The molecule has 0 aromatic carbocycles. The standard InChI is InChI=1S/C21H28N6O.ClH/c1-14(2)27-19-12-22-8-5-18(19)23-21(27)17-6-9-25(13-17)20(28)7-10-26-16(4)11-15(3)24-26;/h5,8,11-12,14,17H,6-7,9-10,13H2,1-4H3;1H. The third kappa shape index (κ3) is 4.15. The van der Waals surface area contributed by atoms with Crippen LogP contribution in [0.1, 0.15) is 55.9 Å². The summed E-state index contributed by atoms with van der Waals surface area (Å²) in [5.41, 5.74) is 4.15. The van der Waals surface area contributed by atoms with Gasteiger partial charge in [-0.1, -0.05) is 0 Å². The fraction of sp³-hybridized carbons (Fsp3) is 0.524. The molecule has 4 heterocycles. The van der Waals surface area contributed by atoms with Crippen LogP contribution in [0, 0.1) is 13.8 Å². The molecule has 4 rings (SSSR count). The van der Waals surface area contributed by atoms with E-state index in [-0.39, 0.29) is 24.2 Å². The molecule has 156 valence electrons. The van der Waals surface area contributed by atoms with Gasteiger partial charge in [-0.2, -0.15) is 5.10 Å². The molecule has 1 fully saturated rings. The molecule has 1 aliphatic rings. The third-order valence-corrected chi connectivity index (χ3v) is 5.58. The number of nitrogens with zero attached hydrogens (tertiary/aromatic N) is 6. The molecule has 0 aliphatic carbocycles. The molecule has 0 bridgehead atoms. The summed E-state index contributed by atoms with van der Waals surface area (Å²) in [4.78, 5) is 23.9. The highest BCUT2D eigenvalue weighted by molar-refractivity contribution is 5.85. The lowest BCUT2D eigenvalue weighted by Crippen LogP contribution is -2.29. The number of hydrogen-bond donors (Lipinski definition) is 0. The van der Waals surface area contributed by atoms with E-state index in [2.05, 4.69) is 28.5 Å². The van der Waals surface area contributed by atoms with Gasteiger partial charge in [0, 0.05) is 49.9 Å². The zero-order chi connectivity index (χ0) is 19.8. The van der Waals surface area contributed by atoms with Gasteiger partial charge in [0.2, 0.25) is 5.91 Å². The summed E-state index contributed by atoms with van der Waals surface area (Å²) >= 11 is 0. The molecule has 0 N–H and O–H groups in total. The first-order valence-electron chi connectivity index (χ1n) is 10.0. The van der Waals surface area contributed by atoms with Gasteiger partial charge < -0.3 is 9.47 Å². The van der Waals surface area contributed by atoms with Crippen molar-refractivity contribution in [2.75, 3.05) is 13.1 Å². The maximum absolute atomic E-state index is 12.8. The predicted octanol–water partition coefficient (Wildman–Crippen LogP) is 3.65. The molecule has 7 nitrogen and oxygen atoms in total. The van der Waals surface area contributed by atoms with Gasteiger partial charge in [0.05, 0.1) is 22.9 Å². The van der Waals surface area contributed by atoms with Crippen molar-refractivity contribution in [2.45, 2.75) is 59.0 Å². The summed E-state index contributed by atoms with van der Waals surface area (Å²) < 4.78 is 4.20. The fourth-order valence-electron chi connectivity index (χ4n) is 4.25. The Balaban J connectivity index is 0.00000240. The van der Waals surface area contributed by atoms with Crippen LogP contribution in [0.25, 0.3) is 11.0 Å². The van der Waals surface area contributed by atoms with Crippen LogP contribution in [0.2, 0.25) is 0 Å². The van der Waals surface area contributed by atoms with Gasteiger partial charge in [-0.05, 0) is 46.2 Å². The van der Waals surface area contributed by atoms with E-state index in [9.17, 15) is 4.79 Å². The van der Waals surface area contributed by atoms with Crippen LogP contribution in [0.3, 0.4) is 0 Å². The highest BCUT2D eigenvalue weighted by atomic mass is 35.5. The minimum absolute atomic E-state index is 0. The molecular weight excluding hydrogens is 388 g/mol. The number of fused-ring (bicyclic) bond motifs is 1. The van der Waals surface area contributed by atoms with Gasteiger partial charge in [-0.3, -0.25) is 14.5 Å². The second-order valence-electron chi connectivity index (χ2n) is 8.02. The average molecular weight is 417 g/mol. The molecule has 1 unspecified atom stereocenters. The van der Waals surface area contributed by atoms with Crippen molar-refractivity contribution in [1.29, 1.82) is 0 Å². The van der Waals surface area contributed by atoms with E-state index in [4.69, 9.17) is 4.98 Å². The monoisotopic (exact) mass is 416 g/mol. The van der Waals surface area contributed by atoms with Crippen LogP contribution < -0.4 is 0 Å². The number of halogens is 1. The molecule has 3 aromatic heterocycles. The summed E-state index contributed by atoms with van der Waals surface area (Å²) in [5, 5.41) is 4.45. The minimum atomic E-state index is 0. The first-order valence-corrected chi connectivity index (χ1v) is 10.0. The molecule has 3 aromatic rings. The van der Waals surface area contributed by atoms with E-state index in [1.807, 2.05) is 41.8 Å². The Morgan fingerprint density at radius 3 is 2.79 bits per heavy atom. The van der Waals surface area contributed by atoms with Gasteiger partial charge in [0.15, 0.2) is 0 Å². The minimum Gasteiger partial charge on any atom is -0.342 e. The second-order valence-corrected chi connectivity index (χ2v) is 8.02. The number of carbonyl (C=O) groups is 1. The number of pyridine rings is 1. The van der Waals surface area contributed by atoms with E-state index in [0.717, 1.165) is 47.8 Å². The van der Waals surface area contributed by atoms with Gasteiger partial charge in [0.25, 0.3) is 0 Å². The van der Waals surface area contributed by atoms with Crippen molar-refractivity contribution in [1.82, 2.24) is 29.2 Å². The first-order chi connectivity index (χ1) is 13.4. The molecule has 1 saturated heterocycles. The number of hydrogen-bond acceptors (Lipinski definition) is 4. The Morgan fingerprint density at radius 1 is 1.31 bits per heavy atom. The number of aromatic nitrogens is 5. The molecule has 0 saturated carbocycles. The van der Waals surface area contributed by atoms with Gasteiger partial charge in [-0.25, -0.2) is 4.98 Å². The number of carbonyl (C=O) groups excluding carboxylic acids is 1. The maximum Gasteiger partial charge on any atom is 0.224 e. The van der Waals surface area contributed by atoms with Crippen molar-refractivity contribution in [3.05, 3.63) is 41.7 Å². The number of likely N-dealkylation sites (tertiary alicyclic amines) is 1. The zero-order valence-corrected chi connectivity index (χ0v) is 18.3. The third-order valence-electron chi connectivity index (χ3n) is 5.58. The molecule has 29 heavy (non-hydrogen) atoms. The Morgan fingerprint density at radius 2 is 2.10 bits per heavy atom. The summed E-state index contributed by atoms with van der Waals surface area (Å²) in [6.45, 7) is 10.5. The molecule has 8 heteroatoms. The lowest BCUT2D eigenvalue weighted by atomic mass is 10.1. The normalized spacial score (nSPS) is 16.6. The molecule has 0 radical (unpaired) electrons. The molecular formula is C21H29ClN6O. The van der Waals surface area contributed by atoms with Crippen molar-refractivity contribution >= 4 is 29.3 Å². The highest BCUT2D eigenvalue weighted by Crippen LogP contribution is 2.31. The number of imidazole rings is 1. The van der Waals surface area contributed by atoms with E-state index in [1.165, 1.54) is 0 Å². The van der Waals surface area contributed by atoms with Crippen LogP contribution in [0.15, 0.2) is 24.5 Å². The van der Waals surface area contributed by atoms with Crippen LogP contribution >= 0.6 is 12.4 Å². The average Bonchev–Trinajstić information content (AvgIpc) is 3.35. The number of aryl methyl sites for hydroxylation is 3.